The molecule has 0 aromatic carbocycles. The van der Waals surface area contributed by atoms with Crippen molar-refractivity contribution in [3.05, 3.63) is 70.1 Å². The molecule has 172 valence electrons. The van der Waals surface area contributed by atoms with Gasteiger partial charge in [0.2, 0.25) is 0 Å². The largest absolute Gasteiger partial charge is 0.385 e. The zero-order valence-corrected chi connectivity index (χ0v) is 18.7. The van der Waals surface area contributed by atoms with Gasteiger partial charge in [0.1, 0.15) is 16.8 Å². The number of carbonyl (C=O) groups is 1. The van der Waals surface area contributed by atoms with Gasteiger partial charge in [0.05, 0.1) is 17.3 Å². The molecular formula is C23H27N7O3. The standard InChI is InChI=1S/C23H27N7O3/c1-16-6-3-10-30-20(16)27-21-18(23(30)32)14-17(22(31)26-7-4-13-33-2)19(24)29(21)11-5-9-28-12-8-25-15-28/h3,6,8,10,12,14-15,24H,4-5,7,9,11,13H2,1-2H3,(H,26,31). The molecule has 0 bridgehead atoms. The Morgan fingerprint density at radius 1 is 1.21 bits per heavy atom. The van der Waals surface area contributed by atoms with Crippen LogP contribution in [0.25, 0.3) is 16.7 Å². The highest BCUT2D eigenvalue weighted by molar-refractivity contribution is 5.96. The first kappa shape index (κ1) is 22.4. The quantitative estimate of drug-likeness (QED) is 0.296. The van der Waals surface area contributed by atoms with Gasteiger partial charge in [-0.15, -0.1) is 0 Å². The van der Waals surface area contributed by atoms with Gasteiger partial charge in [-0.2, -0.15) is 0 Å². The van der Waals surface area contributed by atoms with Crippen molar-refractivity contribution in [3.63, 3.8) is 0 Å². The normalized spacial score (nSPS) is 11.3. The molecule has 4 rings (SSSR count). The number of nitrogens with zero attached hydrogens (tertiary/aromatic N) is 5. The minimum atomic E-state index is -0.393. The lowest BCUT2D eigenvalue weighted by Crippen LogP contribution is -2.35. The molecule has 0 spiro atoms. The van der Waals surface area contributed by atoms with E-state index in [0.29, 0.717) is 55.8 Å². The van der Waals surface area contributed by atoms with Crippen molar-refractivity contribution < 1.29 is 9.53 Å². The second kappa shape index (κ2) is 9.78. The van der Waals surface area contributed by atoms with E-state index in [-0.39, 0.29) is 16.6 Å². The number of aryl methyl sites for hydroxylation is 3. The van der Waals surface area contributed by atoms with Crippen LogP contribution in [0.15, 0.2) is 47.9 Å². The topological polar surface area (TPSA) is 119 Å². The molecule has 4 heterocycles. The molecular weight excluding hydrogens is 422 g/mol. The Hall–Kier alpha value is -3.79. The number of rotatable bonds is 9. The number of fused-ring (bicyclic) bond motifs is 2. The fraction of sp³-hybridized carbons (Fsp3) is 0.348. The van der Waals surface area contributed by atoms with Crippen molar-refractivity contribution >= 4 is 22.6 Å². The van der Waals surface area contributed by atoms with Crippen LogP contribution in [0.5, 0.6) is 0 Å². The first-order valence-corrected chi connectivity index (χ1v) is 10.8. The number of amides is 1. The number of pyridine rings is 2. The highest BCUT2D eigenvalue weighted by Crippen LogP contribution is 2.13. The number of hydrogen-bond donors (Lipinski definition) is 2. The van der Waals surface area contributed by atoms with Crippen LogP contribution in [-0.4, -0.2) is 49.7 Å². The zero-order chi connectivity index (χ0) is 23.4. The molecule has 33 heavy (non-hydrogen) atoms. The molecule has 0 atom stereocenters. The fourth-order valence-electron chi connectivity index (χ4n) is 3.83. The number of carbonyl (C=O) groups excluding carboxylic acids is 1. The van der Waals surface area contributed by atoms with Crippen molar-refractivity contribution in [2.75, 3.05) is 20.3 Å². The van der Waals surface area contributed by atoms with Crippen molar-refractivity contribution in [3.8, 4) is 0 Å². The number of ether oxygens (including phenoxy) is 1. The monoisotopic (exact) mass is 449 g/mol. The predicted molar refractivity (Wildman–Crippen MR) is 123 cm³/mol. The maximum absolute atomic E-state index is 13.3. The summed E-state index contributed by atoms with van der Waals surface area (Å²) in [5.74, 6) is -0.393. The summed E-state index contributed by atoms with van der Waals surface area (Å²) in [5, 5.41) is 11.9. The fourth-order valence-corrected chi connectivity index (χ4v) is 3.83. The average Bonchev–Trinajstić information content (AvgIpc) is 3.32. The van der Waals surface area contributed by atoms with Crippen LogP contribution in [0.4, 0.5) is 0 Å². The van der Waals surface area contributed by atoms with E-state index >= 15 is 0 Å². The van der Waals surface area contributed by atoms with Crippen LogP contribution < -0.4 is 16.4 Å². The van der Waals surface area contributed by atoms with Crippen LogP contribution in [0, 0.1) is 12.3 Å². The maximum Gasteiger partial charge on any atom is 0.267 e. The second-order valence-corrected chi connectivity index (χ2v) is 7.85. The zero-order valence-electron chi connectivity index (χ0n) is 18.7. The van der Waals surface area contributed by atoms with E-state index in [4.69, 9.17) is 15.1 Å². The van der Waals surface area contributed by atoms with Gasteiger partial charge in [-0.3, -0.25) is 19.4 Å². The first-order valence-electron chi connectivity index (χ1n) is 10.8. The molecule has 10 heteroatoms. The molecule has 0 fully saturated rings. The SMILES string of the molecule is COCCCNC(=O)c1cc2c(=O)n3cccc(C)c3nc2n(CCCn2ccnc2)c1=N. The van der Waals surface area contributed by atoms with Crippen molar-refractivity contribution in [1.29, 1.82) is 5.41 Å². The third-order valence-electron chi connectivity index (χ3n) is 5.55. The molecule has 1 amide bonds. The number of imidazole rings is 1. The van der Waals surface area contributed by atoms with E-state index in [9.17, 15) is 9.59 Å². The summed E-state index contributed by atoms with van der Waals surface area (Å²) >= 11 is 0. The number of nitrogens with one attached hydrogen (secondary N) is 2. The minimum Gasteiger partial charge on any atom is -0.385 e. The van der Waals surface area contributed by atoms with Crippen LogP contribution >= 0.6 is 0 Å². The molecule has 4 aromatic rings. The molecule has 4 aromatic heterocycles. The molecule has 0 saturated heterocycles. The van der Waals surface area contributed by atoms with Gasteiger partial charge in [0, 0.05) is 51.9 Å². The molecule has 0 saturated carbocycles. The molecule has 0 aliphatic rings. The maximum atomic E-state index is 13.3. The number of aromatic nitrogens is 5. The number of hydrogen-bond acceptors (Lipinski definition) is 6. The third kappa shape index (κ3) is 4.56. The lowest BCUT2D eigenvalue weighted by atomic mass is 10.2. The van der Waals surface area contributed by atoms with Crippen LogP contribution in [-0.2, 0) is 17.8 Å². The Balaban J connectivity index is 1.81. The van der Waals surface area contributed by atoms with Gasteiger partial charge in [0.15, 0.2) is 0 Å². The Bertz CT molecular complexity index is 1400. The molecule has 0 aliphatic carbocycles. The Kier molecular flexibility index (Phi) is 6.64. The van der Waals surface area contributed by atoms with E-state index < -0.39 is 5.91 Å². The van der Waals surface area contributed by atoms with Crippen molar-refractivity contribution in [1.82, 2.24) is 28.8 Å². The number of methoxy groups -OCH3 is 1. The average molecular weight is 450 g/mol. The van der Waals surface area contributed by atoms with Gasteiger partial charge in [-0.05, 0) is 37.5 Å². The minimum absolute atomic E-state index is 0.0298. The van der Waals surface area contributed by atoms with E-state index in [1.165, 1.54) is 10.5 Å². The van der Waals surface area contributed by atoms with Gasteiger partial charge in [-0.1, -0.05) is 6.07 Å². The van der Waals surface area contributed by atoms with Gasteiger partial charge in [-0.25, -0.2) is 9.97 Å². The summed E-state index contributed by atoms with van der Waals surface area (Å²) in [7, 11) is 1.60. The summed E-state index contributed by atoms with van der Waals surface area (Å²) in [6.07, 6.45) is 8.31. The summed E-state index contributed by atoms with van der Waals surface area (Å²) < 4.78 is 10.1. The molecule has 2 N–H and O–H groups in total. The molecule has 10 nitrogen and oxygen atoms in total. The van der Waals surface area contributed by atoms with Gasteiger partial charge in [0.25, 0.3) is 11.5 Å². The lowest BCUT2D eigenvalue weighted by molar-refractivity contribution is 0.0946. The van der Waals surface area contributed by atoms with Crippen LogP contribution in [0.1, 0.15) is 28.8 Å². The van der Waals surface area contributed by atoms with Crippen LogP contribution in [0.2, 0.25) is 0 Å². The highest BCUT2D eigenvalue weighted by Gasteiger charge is 2.17. The third-order valence-corrected chi connectivity index (χ3v) is 5.55. The first-order chi connectivity index (χ1) is 16.0. The molecule has 0 radical (unpaired) electrons. The van der Waals surface area contributed by atoms with Gasteiger partial charge < -0.3 is 19.2 Å². The predicted octanol–water partition coefficient (Wildman–Crippen LogP) is 1.49. The molecule has 0 unspecified atom stereocenters. The highest BCUT2D eigenvalue weighted by atomic mass is 16.5. The lowest BCUT2D eigenvalue weighted by Gasteiger charge is -2.15. The van der Waals surface area contributed by atoms with E-state index in [1.807, 2.05) is 23.8 Å². The van der Waals surface area contributed by atoms with E-state index in [1.54, 1.807) is 36.5 Å². The Morgan fingerprint density at radius 2 is 2.06 bits per heavy atom. The summed E-state index contributed by atoms with van der Waals surface area (Å²) in [5.41, 5.74) is 1.70. The van der Waals surface area contributed by atoms with E-state index in [2.05, 4.69) is 10.3 Å². The van der Waals surface area contributed by atoms with Gasteiger partial charge >= 0.3 is 0 Å². The summed E-state index contributed by atoms with van der Waals surface area (Å²) in [6, 6.07) is 5.17. The Morgan fingerprint density at radius 3 is 2.82 bits per heavy atom. The summed E-state index contributed by atoms with van der Waals surface area (Å²) in [4.78, 5) is 35.0. The summed E-state index contributed by atoms with van der Waals surface area (Å²) in [6.45, 7) is 3.94. The van der Waals surface area contributed by atoms with Crippen molar-refractivity contribution in [2.45, 2.75) is 32.9 Å². The smallest absolute Gasteiger partial charge is 0.267 e. The van der Waals surface area contributed by atoms with Crippen LogP contribution in [0.3, 0.4) is 0 Å². The Labute approximate surface area is 190 Å². The van der Waals surface area contributed by atoms with E-state index in [0.717, 1.165) is 5.56 Å². The molecule has 0 aliphatic heterocycles. The van der Waals surface area contributed by atoms with Crippen molar-refractivity contribution in [2.24, 2.45) is 0 Å². The second-order valence-electron chi connectivity index (χ2n) is 7.85.